The number of carbonyl (C=O) groups is 1. The summed E-state index contributed by atoms with van der Waals surface area (Å²) in [5, 5.41) is 9.52. The molecular formula is C18H37IN4O3. The fraction of sp³-hybridized carbons (Fsp3) is 0.889. The van der Waals surface area contributed by atoms with Gasteiger partial charge in [0.05, 0.1) is 12.7 Å². The van der Waals surface area contributed by atoms with E-state index in [0.29, 0.717) is 31.3 Å². The lowest BCUT2D eigenvalue weighted by atomic mass is 9.58. The first-order chi connectivity index (χ1) is 12.1. The minimum absolute atomic E-state index is 0. The molecule has 0 aromatic rings. The second kappa shape index (κ2) is 13.5. The summed E-state index contributed by atoms with van der Waals surface area (Å²) in [6, 6.07) is 0.313. The predicted octanol–water partition coefficient (Wildman–Crippen LogP) is 1.91. The molecule has 26 heavy (non-hydrogen) atoms. The van der Waals surface area contributed by atoms with E-state index in [1.165, 1.54) is 0 Å². The lowest BCUT2D eigenvalue weighted by molar-refractivity contribution is -0.133. The fourth-order valence-corrected chi connectivity index (χ4v) is 3.57. The second-order valence-corrected chi connectivity index (χ2v) is 6.35. The Kier molecular flexibility index (Phi) is 13.2. The highest BCUT2D eigenvalue weighted by Crippen LogP contribution is 2.48. The molecule has 1 aliphatic carbocycles. The van der Waals surface area contributed by atoms with E-state index in [-0.39, 0.29) is 41.8 Å². The van der Waals surface area contributed by atoms with E-state index < -0.39 is 0 Å². The van der Waals surface area contributed by atoms with E-state index in [9.17, 15) is 4.79 Å². The van der Waals surface area contributed by atoms with Crippen LogP contribution in [0.5, 0.6) is 0 Å². The Morgan fingerprint density at radius 1 is 1.19 bits per heavy atom. The van der Waals surface area contributed by atoms with E-state index in [1.54, 1.807) is 7.11 Å². The van der Waals surface area contributed by atoms with E-state index in [1.807, 2.05) is 13.8 Å². The molecule has 0 saturated heterocycles. The number of methoxy groups -OCH3 is 1. The first-order valence-electron chi connectivity index (χ1n) is 9.49. The van der Waals surface area contributed by atoms with E-state index >= 15 is 0 Å². The molecule has 8 heteroatoms. The van der Waals surface area contributed by atoms with Crippen molar-refractivity contribution in [3.63, 3.8) is 0 Å². The average Bonchev–Trinajstić information content (AvgIpc) is 2.60. The average molecular weight is 484 g/mol. The molecule has 7 nitrogen and oxygen atoms in total. The Morgan fingerprint density at radius 2 is 1.88 bits per heavy atom. The molecule has 0 bridgehead atoms. The number of halogens is 1. The Hall–Kier alpha value is -0.610. The van der Waals surface area contributed by atoms with Crippen LogP contribution in [0.1, 0.15) is 47.0 Å². The highest BCUT2D eigenvalue weighted by Gasteiger charge is 2.53. The normalized spacial score (nSPS) is 21.3. The van der Waals surface area contributed by atoms with Gasteiger partial charge in [-0.25, -0.2) is 4.99 Å². The largest absolute Gasteiger partial charge is 0.383 e. The van der Waals surface area contributed by atoms with Gasteiger partial charge in [0, 0.05) is 38.3 Å². The van der Waals surface area contributed by atoms with Gasteiger partial charge in [0.1, 0.15) is 6.54 Å². The quantitative estimate of drug-likeness (QED) is 0.181. The van der Waals surface area contributed by atoms with Crippen LogP contribution in [-0.2, 0) is 14.3 Å². The molecule has 154 valence electrons. The van der Waals surface area contributed by atoms with E-state index in [2.05, 4.69) is 34.8 Å². The Balaban J connectivity index is 0.00000625. The van der Waals surface area contributed by atoms with Crippen molar-refractivity contribution in [2.24, 2.45) is 10.4 Å². The number of nitrogens with one attached hydrogen (secondary N) is 3. The van der Waals surface area contributed by atoms with Crippen molar-refractivity contribution >= 4 is 35.8 Å². The molecule has 0 spiro atoms. The van der Waals surface area contributed by atoms with Crippen LogP contribution < -0.4 is 16.0 Å². The minimum atomic E-state index is -0.104. The maximum Gasteiger partial charge on any atom is 0.241 e. The van der Waals surface area contributed by atoms with Crippen LogP contribution >= 0.6 is 24.0 Å². The van der Waals surface area contributed by atoms with Crippen molar-refractivity contribution in [1.82, 2.24) is 16.0 Å². The van der Waals surface area contributed by atoms with Crippen LogP contribution in [-0.4, -0.2) is 64.0 Å². The smallest absolute Gasteiger partial charge is 0.241 e. The highest BCUT2D eigenvalue weighted by molar-refractivity contribution is 14.0. The molecule has 1 saturated carbocycles. The molecule has 1 rings (SSSR count). The van der Waals surface area contributed by atoms with Crippen LogP contribution in [0.4, 0.5) is 0 Å². The second-order valence-electron chi connectivity index (χ2n) is 6.35. The summed E-state index contributed by atoms with van der Waals surface area (Å²) < 4.78 is 10.8. The first kappa shape index (κ1) is 25.4. The van der Waals surface area contributed by atoms with Gasteiger partial charge in [-0.1, -0.05) is 13.8 Å². The zero-order valence-corrected chi connectivity index (χ0v) is 19.2. The maximum absolute atomic E-state index is 11.8. The summed E-state index contributed by atoms with van der Waals surface area (Å²) in [5.41, 5.74) is 0.132. The van der Waals surface area contributed by atoms with Gasteiger partial charge in [0.25, 0.3) is 0 Å². The number of amides is 1. The van der Waals surface area contributed by atoms with Crippen LogP contribution in [0.25, 0.3) is 0 Å². The summed E-state index contributed by atoms with van der Waals surface area (Å²) >= 11 is 0. The van der Waals surface area contributed by atoms with Gasteiger partial charge in [0.2, 0.25) is 5.91 Å². The monoisotopic (exact) mass is 484 g/mol. The van der Waals surface area contributed by atoms with Gasteiger partial charge in [-0.3, -0.25) is 4.79 Å². The number of carbonyl (C=O) groups excluding carboxylic acids is 1. The molecule has 0 heterocycles. The number of guanidine groups is 1. The number of ether oxygens (including phenoxy) is 2. The Bertz CT molecular complexity index is 431. The maximum atomic E-state index is 11.8. The number of rotatable bonds is 11. The lowest BCUT2D eigenvalue weighted by Crippen LogP contribution is -2.65. The molecule has 0 aromatic heterocycles. The summed E-state index contributed by atoms with van der Waals surface area (Å²) in [4.78, 5) is 16.2. The zero-order valence-electron chi connectivity index (χ0n) is 16.9. The molecule has 2 atom stereocenters. The van der Waals surface area contributed by atoms with E-state index in [0.717, 1.165) is 32.4 Å². The first-order valence-corrected chi connectivity index (χ1v) is 9.49. The SMILES string of the molecule is CCNC(=NCC(=O)NCCOC)NC1CC(OCC)C1(CC)CC.I. The lowest BCUT2D eigenvalue weighted by Gasteiger charge is -2.55. The molecule has 1 fully saturated rings. The summed E-state index contributed by atoms with van der Waals surface area (Å²) in [7, 11) is 1.61. The van der Waals surface area contributed by atoms with Crippen molar-refractivity contribution in [2.75, 3.05) is 40.0 Å². The van der Waals surface area contributed by atoms with Crippen molar-refractivity contribution in [3.8, 4) is 0 Å². The van der Waals surface area contributed by atoms with Gasteiger partial charge < -0.3 is 25.4 Å². The third-order valence-electron chi connectivity index (χ3n) is 5.13. The third-order valence-corrected chi connectivity index (χ3v) is 5.13. The molecule has 2 unspecified atom stereocenters. The molecule has 1 aliphatic rings. The Morgan fingerprint density at radius 3 is 2.42 bits per heavy atom. The molecule has 0 radical (unpaired) electrons. The summed E-state index contributed by atoms with van der Waals surface area (Å²) in [6.45, 7) is 11.1. The van der Waals surface area contributed by atoms with Crippen LogP contribution in [0.3, 0.4) is 0 Å². The van der Waals surface area contributed by atoms with Crippen molar-refractivity contribution in [3.05, 3.63) is 0 Å². The van der Waals surface area contributed by atoms with Gasteiger partial charge in [-0.05, 0) is 33.1 Å². The van der Waals surface area contributed by atoms with Gasteiger partial charge in [0.15, 0.2) is 5.96 Å². The number of aliphatic imine (C=N–C) groups is 1. The predicted molar refractivity (Wildman–Crippen MR) is 116 cm³/mol. The fourth-order valence-electron chi connectivity index (χ4n) is 3.57. The van der Waals surface area contributed by atoms with Crippen LogP contribution in [0.2, 0.25) is 0 Å². The molecular weight excluding hydrogens is 447 g/mol. The minimum Gasteiger partial charge on any atom is -0.383 e. The molecule has 3 N–H and O–H groups in total. The molecule has 0 aromatic carbocycles. The standard InChI is InChI=1S/C18H36N4O3.HI/c1-6-18(7-2)14(12-15(18)25-9-4)22-17(19-8-3)21-13-16(23)20-10-11-24-5;/h14-15H,6-13H2,1-5H3,(H,20,23)(H2,19,21,22);1H. The zero-order chi connectivity index (χ0) is 18.7. The van der Waals surface area contributed by atoms with Gasteiger partial charge >= 0.3 is 0 Å². The van der Waals surface area contributed by atoms with Gasteiger partial charge in [-0.15, -0.1) is 24.0 Å². The number of nitrogens with zero attached hydrogens (tertiary/aromatic N) is 1. The highest BCUT2D eigenvalue weighted by atomic mass is 127. The van der Waals surface area contributed by atoms with Crippen LogP contribution in [0.15, 0.2) is 4.99 Å². The van der Waals surface area contributed by atoms with Crippen molar-refractivity contribution < 1.29 is 14.3 Å². The van der Waals surface area contributed by atoms with E-state index in [4.69, 9.17) is 9.47 Å². The van der Waals surface area contributed by atoms with Crippen molar-refractivity contribution in [2.45, 2.75) is 59.1 Å². The molecule has 0 aliphatic heterocycles. The Labute approximate surface area is 175 Å². The van der Waals surface area contributed by atoms with Gasteiger partial charge in [-0.2, -0.15) is 0 Å². The summed E-state index contributed by atoms with van der Waals surface area (Å²) in [5.74, 6) is 0.586. The number of hydrogen-bond acceptors (Lipinski definition) is 4. The third kappa shape index (κ3) is 6.84. The topological polar surface area (TPSA) is 84.0 Å². The van der Waals surface area contributed by atoms with Crippen LogP contribution in [0, 0.1) is 5.41 Å². The molecule has 1 amide bonds. The van der Waals surface area contributed by atoms with Crippen molar-refractivity contribution in [1.29, 1.82) is 0 Å². The number of hydrogen-bond donors (Lipinski definition) is 3. The summed E-state index contributed by atoms with van der Waals surface area (Å²) in [6.07, 6.45) is 3.39.